The molecule has 324 valence electrons. The summed E-state index contributed by atoms with van der Waals surface area (Å²) in [7, 11) is 1.22. The van der Waals surface area contributed by atoms with Crippen molar-refractivity contribution in [1.82, 2.24) is 26.2 Å². The molecular formula is C45H65N5O9. The van der Waals surface area contributed by atoms with Crippen molar-refractivity contribution in [2.24, 2.45) is 17.8 Å². The summed E-state index contributed by atoms with van der Waals surface area (Å²) in [6, 6.07) is 15.6. The van der Waals surface area contributed by atoms with Gasteiger partial charge in [0.1, 0.15) is 30.3 Å². The van der Waals surface area contributed by atoms with Crippen LogP contribution in [0.3, 0.4) is 0 Å². The molecule has 5 atom stereocenters. The van der Waals surface area contributed by atoms with Crippen molar-refractivity contribution in [3.63, 3.8) is 0 Å². The molecule has 4 N–H and O–H groups in total. The lowest BCUT2D eigenvalue weighted by atomic mass is 9.94. The van der Waals surface area contributed by atoms with Gasteiger partial charge in [-0.15, -0.1) is 0 Å². The Morgan fingerprint density at radius 3 is 2.08 bits per heavy atom. The van der Waals surface area contributed by atoms with Gasteiger partial charge >= 0.3 is 18.2 Å². The van der Waals surface area contributed by atoms with Gasteiger partial charge in [-0.05, 0) is 82.3 Å². The first-order chi connectivity index (χ1) is 28.0. The minimum atomic E-state index is -1.03. The van der Waals surface area contributed by atoms with Crippen LogP contribution in [-0.2, 0) is 46.4 Å². The lowest BCUT2D eigenvalue weighted by Crippen LogP contribution is -2.57. The molecule has 0 aliphatic carbocycles. The van der Waals surface area contributed by atoms with Crippen LogP contribution in [0.15, 0.2) is 72.8 Å². The zero-order chi connectivity index (χ0) is 43.5. The van der Waals surface area contributed by atoms with E-state index in [1.54, 1.807) is 39.5 Å². The maximum Gasteiger partial charge on any atom is 0.408 e. The summed E-state index contributed by atoms with van der Waals surface area (Å²) in [5.74, 6) is -2.73. The monoisotopic (exact) mass is 819 g/mol. The van der Waals surface area contributed by atoms with E-state index in [1.165, 1.54) is 7.11 Å². The molecule has 2 aromatic rings. The zero-order valence-electron chi connectivity index (χ0n) is 36.0. The minimum absolute atomic E-state index is 0.113. The highest BCUT2D eigenvalue weighted by atomic mass is 16.6. The van der Waals surface area contributed by atoms with Crippen molar-refractivity contribution >= 4 is 35.9 Å². The molecule has 0 saturated carbocycles. The quantitative estimate of drug-likeness (QED) is 0.0553. The fourth-order valence-corrected chi connectivity index (χ4v) is 6.75. The molecule has 1 aliphatic heterocycles. The van der Waals surface area contributed by atoms with Crippen molar-refractivity contribution in [3.8, 4) is 0 Å². The van der Waals surface area contributed by atoms with Crippen LogP contribution >= 0.6 is 0 Å². The SMILES string of the molecule is COC(=O)[C@H](CCCNC(=O)OCc1ccccc1)NC(=O)[C@@H](NC(=O)[C@@H]1CCCN1C(=O)[C@H](/C=C/[C@H](CC(C)C)NC(=O)OC(C)(C)C)Cc1ccccc1)C(C)C. The van der Waals surface area contributed by atoms with E-state index in [9.17, 15) is 28.8 Å². The molecule has 59 heavy (non-hydrogen) atoms. The molecule has 14 nitrogen and oxygen atoms in total. The highest BCUT2D eigenvalue weighted by Gasteiger charge is 2.39. The topological polar surface area (TPSA) is 181 Å². The van der Waals surface area contributed by atoms with E-state index in [1.807, 2.05) is 86.7 Å². The number of amides is 5. The average Bonchev–Trinajstić information content (AvgIpc) is 3.68. The van der Waals surface area contributed by atoms with Crippen molar-refractivity contribution in [3.05, 3.63) is 83.9 Å². The lowest BCUT2D eigenvalue weighted by molar-refractivity contribution is -0.146. The predicted octanol–water partition coefficient (Wildman–Crippen LogP) is 5.84. The number of nitrogens with one attached hydrogen (secondary N) is 4. The fourth-order valence-electron chi connectivity index (χ4n) is 6.75. The second-order valence-corrected chi connectivity index (χ2v) is 16.7. The normalized spacial score (nSPS) is 16.2. The van der Waals surface area contributed by atoms with Gasteiger partial charge < -0.3 is 40.4 Å². The second-order valence-electron chi connectivity index (χ2n) is 16.7. The molecule has 0 aromatic heterocycles. The van der Waals surface area contributed by atoms with Gasteiger partial charge in [-0.2, -0.15) is 0 Å². The first-order valence-electron chi connectivity index (χ1n) is 20.6. The summed E-state index contributed by atoms with van der Waals surface area (Å²) in [5.41, 5.74) is 1.11. The number of benzene rings is 2. The molecule has 0 spiro atoms. The summed E-state index contributed by atoms with van der Waals surface area (Å²) in [6.45, 7) is 13.7. The number of carbonyl (C=O) groups excluding carboxylic acids is 6. The van der Waals surface area contributed by atoms with Gasteiger partial charge in [0.05, 0.1) is 19.1 Å². The Bertz CT molecular complexity index is 1690. The molecule has 0 radical (unpaired) electrons. The van der Waals surface area contributed by atoms with E-state index in [4.69, 9.17) is 14.2 Å². The number of carbonyl (C=O) groups is 6. The molecule has 3 rings (SSSR count). The Morgan fingerprint density at radius 1 is 0.847 bits per heavy atom. The molecule has 1 fully saturated rings. The average molecular weight is 820 g/mol. The third-order valence-electron chi connectivity index (χ3n) is 9.66. The van der Waals surface area contributed by atoms with Crippen LogP contribution in [0.5, 0.6) is 0 Å². The molecule has 5 amide bonds. The van der Waals surface area contributed by atoms with Crippen LogP contribution in [0, 0.1) is 17.8 Å². The first-order valence-corrected chi connectivity index (χ1v) is 20.6. The van der Waals surface area contributed by atoms with Crippen LogP contribution in [0.1, 0.15) is 91.7 Å². The van der Waals surface area contributed by atoms with Gasteiger partial charge in [0, 0.05) is 13.1 Å². The van der Waals surface area contributed by atoms with Crippen LogP contribution in [0.25, 0.3) is 0 Å². The Kier molecular flexibility index (Phi) is 19.4. The van der Waals surface area contributed by atoms with E-state index in [0.717, 1.165) is 11.1 Å². The number of methoxy groups -OCH3 is 1. The van der Waals surface area contributed by atoms with Gasteiger partial charge in [-0.3, -0.25) is 14.4 Å². The summed E-state index contributed by atoms with van der Waals surface area (Å²) in [6.07, 6.45) is 4.97. The van der Waals surface area contributed by atoms with Gasteiger partial charge in [0.2, 0.25) is 17.7 Å². The molecule has 0 unspecified atom stereocenters. The molecule has 2 aromatic carbocycles. The number of hydrogen-bond donors (Lipinski definition) is 4. The number of nitrogens with zero attached hydrogens (tertiary/aromatic N) is 1. The number of alkyl carbamates (subject to hydrolysis) is 2. The van der Waals surface area contributed by atoms with E-state index in [2.05, 4.69) is 21.3 Å². The number of hydrogen-bond acceptors (Lipinski definition) is 9. The molecular weight excluding hydrogens is 755 g/mol. The number of ether oxygens (including phenoxy) is 3. The van der Waals surface area contributed by atoms with Gasteiger partial charge in [0.25, 0.3) is 0 Å². The van der Waals surface area contributed by atoms with E-state index < -0.39 is 65.7 Å². The van der Waals surface area contributed by atoms with Crippen LogP contribution in [-0.4, -0.2) is 90.7 Å². The second kappa shape index (κ2) is 23.9. The first kappa shape index (κ1) is 48.0. The summed E-state index contributed by atoms with van der Waals surface area (Å²) in [4.78, 5) is 81.2. The van der Waals surface area contributed by atoms with Crippen molar-refractivity contribution in [2.45, 2.75) is 123 Å². The third kappa shape index (κ3) is 17.2. The maximum absolute atomic E-state index is 14.4. The van der Waals surface area contributed by atoms with Gasteiger partial charge in [-0.1, -0.05) is 101 Å². The number of esters is 1. The van der Waals surface area contributed by atoms with E-state index >= 15 is 0 Å². The predicted molar refractivity (Wildman–Crippen MR) is 225 cm³/mol. The van der Waals surface area contributed by atoms with Crippen LogP contribution < -0.4 is 21.3 Å². The number of likely N-dealkylation sites (tertiary alicyclic amines) is 1. The van der Waals surface area contributed by atoms with Crippen molar-refractivity contribution in [1.29, 1.82) is 0 Å². The number of rotatable bonds is 20. The van der Waals surface area contributed by atoms with Gasteiger partial charge in [-0.25, -0.2) is 14.4 Å². The molecule has 1 heterocycles. The van der Waals surface area contributed by atoms with Crippen molar-refractivity contribution < 1.29 is 43.0 Å². The standard InChI is InChI=1S/C45H65N5O9/c1-30(2)27-35(47-44(56)59-45(5,6)7)24-23-34(28-32-17-11-9-12-18-32)41(53)50-26-16-22-37(50)39(51)49-38(31(3)4)40(52)48-36(42(54)57-8)21-15-25-46-43(55)58-29-33-19-13-10-14-20-33/h9-14,17-20,23-24,30-31,34-38H,15-16,21-22,25-29H2,1-8H3,(H,46,55)(H,47,56)(H,48,52)(H,49,51)/b24-23+/t34-,35-,36+,37+,38+/m1/s1. The largest absolute Gasteiger partial charge is 0.467 e. The highest BCUT2D eigenvalue weighted by molar-refractivity contribution is 5.94. The summed E-state index contributed by atoms with van der Waals surface area (Å²) >= 11 is 0. The van der Waals surface area contributed by atoms with Crippen LogP contribution in [0.2, 0.25) is 0 Å². The Morgan fingerprint density at radius 2 is 1.49 bits per heavy atom. The van der Waals surface area contributed by atoms with E-state index in [0.29, 0.717) is 38.6 Å². The molecule has 14 heteroatoms. The molecule has 0 bridgehead atoms. The Labute approximate surface area is 349 Å². The smallest absolute Gasteiger partial charge is 0.408 e. The third-order valence-corrected chi connectivity index (χ3v) is 9.66. The minimum Gasteiger partial charge on any atom is -0.467 e. The highest BCUT2D eigenvalue weighted by Crippen LogP contribution is 2.24. The van der Waals surface area contributed by atoms with Crippen LogP contribution in [0.4, 0.5) is 9.59 Å². The Balaban J connectivity index is 1.69. The maximum atomic E-state index is 14.4. The lowest BCUT2D eigenvalue weighted by Gasteiger charge is -2.30. The fraction of sp³-hybridized carbons (Fsp3) is 0.556. The zero-order valence-corrected chi connectivity index (χ0v) is 36.0. The summed E-state index contributed by atoms with van der Waals surface area (Å²) in [5, 5.41) is 11.2. The molecule has 1 aliphatic rings. The van der Waals surface area contributed by atoms with Gasteiger partial charge in [0.15, 0.2) is 0 Å². The van der Waals surface area contributed by atoms with Crippen molar-refractivity contribution in [2.75, 3.05) is 20.2 Å². The Hall–Kier alpha value is -5.40. The molecule has 1 saturated heterocycles. The summed E-state index contributed by atoms with van der Waals surface area (Å²) < 4.78 is 15.7. The van der Waals surface area contributed by atoms with E-state index in [-0.39, 0.29) is 37.3 Å².